The number of hydrogen-bond acceptors (Lipinski definition) is 1. The molecular weight excluding hydrogens is 254 g/mol. The van der Waals surface area contributed by atoms with Crippen molar-refractivity contribution in [1.29, 1.82) is 0 Å². The van der Waals surface area contributed by atoms with Crippen LogP contribution in [0.4, 0.5) is 5.69 Å². The minimum atomic E-state index is 0.931. The van der Waals surface area contributed by atoms with E-state index in [1.807, 2.05) is 0 Å². The zero-order valence-electron chi connectivity index (χ0n) is 12.4. The molecule has 0 bridgehead atoms. The number of nitrogens with zero attached hydrogens (tertiary/aromatic N) is 1. The lowest BCUT2D eigenvalue weighted by atomic mass is 10.0. The zero-order valence-corrected chi connectivity index (χ0v) is 12.4. The second-order valence-electron chi connectivity index (χ2n) is 5.87. The highest BCUT2D eigenvalue weighted by atomic mass is 15.2. The standard InChI is InChI=1S/C20H19N/c1-3-15-7-8-18-13-21(14(2)20(18)11-15)19-10-9-16-5-4-6-17(16)12-19/h4,6-12H,2-3,5,13H2,1H3. The van der Waals surface area contributed by atoms with Crippen molar-refractivity contribution >= 4 is 17.5 Å². The first-order chi connectivity index (χ1) is 10.3. The Bertz CT molecular complexity index is 767. The Hall–Kier alpha value is -2.28. The minimum Gasteiger partial charge on any atom is -0.337 e. The van der Waals surface area contributed by atoms with Gasteiger partial charge in [-0.3, -0.25) is 0 Å². The van der Waals surface area contributed by atoms with Gasteiger partial charge in [-0.25, -0.2) is 0 Å². The Labute approximate surface area is 126 Å². The Morgan fingerprint density at radius 2 is 1.95 bits per heavy atom. The zero-order chi connectivity index (χ0) is 14.4. The van der Waals surface area contributed by atoms with Crippen LogP contribution in [0.3, 0.4) is 0 Å². The summed E-state index contributed by atoms with van der Waals surface area (Å²) in [5, 5.41) is 0. The molecule has 0 aromatic heterocycles. The summed E-state index contributed by atoms with van der Waals surface area (Å²) >= 11 is 0. The fourth-order valence-electron chi connectivity index (χ4n) is 3.31. The van der Waals surface area contributed by atoms with Crippen LogP contribution in [0, 0.1) is 0 Å². The van der Waals surface area contributed by atoms with Gasteiger partial charge in [-0.2, -0.15) is 0 Å². The van der Waals surface area contributed by atoms with Crippen molar-refractivity contribution in [3.05, 3.63) is 76.9 Å². The highest BCUT2D eigenvalue weighted by Crippen LogP contribution is 2.37. The molecule has 0 atom stereocenters. The molecule has 2 aliphatic rings. The molecule has 0 unspecified atom stereocenters. The highest BCUT2D eigenvalue weighted by Gasteiger charge is 2.24. The van der Waals surface area contributed by atoms with Crippen molar-refractivity contribution in [2.75, 3.05) is 4.90 Å². The molecule has 1 heteroatoms. The normalized spacial score (nSPS) is 15.5. The minimum absolute atomic E-state index is 0.931. The number of anilines is 1. The van der Waals surface area contributed by atoms with Gasteiger partial charge in [0.15, 0.2) is 0 Å². The maximum absolute atomic E-state index is 4.33. The van der Waals surface area contributed by atoms with Gasteiger partial charge < -0.3 is 4.90 Å². The maximum atomic E-state index is 4.33. The van der Waals surface area contributed by atoms with E-state index in [2.05, 4.69) is 67.0 Å². The summed E-state index contributed by atoms with van der Waals surface area (Å²) in [6.45, 7) is 7.46. The fraction of sp³-hybridized carbons (Fsp3) is 0.200. The van der Waals surface area contributed by atoms with E-state index < -0.39 is 0 Å². The molecule has 1 heterocycles. The van der Waals surface area contributed by atoms with Gasteiger partial charge in [-0.05, 0) is 53.3 Å². The molecule has 4 rings (SSSR count). The van der Waals surface area contributed by atoms with Crippen LogP contribution < -0.4 is 4.90 Å². The Morgan fingerprint density at radius 3 is 2.81 bits per heavy atom. The number of aryl methyl sites for hydroxylation is 1. The second kappa shape index (κ2) is 4.63. The van der Waals surface area contributed by atoms with E-state index in [0.717, 1.165) is 25.1 Å². The summed E-state index contributed by atoms with van der Waals surface area (Å²) in [4.78, 5) is 2.33. The molecule has 0 saturated heterocycles. The number of hydrogen-bond donors (Lipinski definition) is 0. The SMILES string of the molecule is C=C1c2cc(CC)ccc2CN1c1ccc2c(c1)C=CC2. The van der Waals surface area contributed by atoms with Crippen LogP contribution in [0.5, 0.6) is 0 Å². The Balaban J connectivity index is 1.72. The van der Waals surface area contributed by atoms with E-state index in [4.69, 9.17) is 0 Å². The predicted molar refractivity (Wildman–Crippen MR) is 90.2 cm³/mol. The van der Waals surface area contributed by atoms with Crippen LogP contribution in [0.15, 0.2) is 49.1 Å². The van der Waals surface area contributed by atoms with E-state index in [1.54, 1.807) is 0 Å². The average Bonchev–Trinajstić information content (AvgIpc) is 3.11. The van der Waals surface area contributed by atoms with E-state index in [-0.39, 0.29) is 0 Å². The molecule has 0 N–H and O–H groups in total. The molecule has 1 nitrogen and oxygen atoms in total. The largest absolute Gasteiger partial charge is 0.337 e. The topological polar surface area (TPSA) is 3.24 Å². The molecule has 0 radical (unpaired) electrons. The van der Waals surface area contributed by atoms with Gasteiger partial charge in [0.05, 0.1) is 0 Å². The fourth-order valence-corrected chi connectivity index (χ4v) is 3.31. The van der Waals surface area contributed by atoms with Gasteiger partial charge in [-0.1, -0.05) is 43.9 Å². The van der Waals surface area contributed by atoms with Gasteiger partial charge in [0, 0.05) is 23.5 Å². The van der Waals surface area contributed by atoms with Crippen LogP contribution in [-0.2, 0) is 19.4 Å². The summed E-state index contributed by atoms with van der Waals surface area (Å²) in [7, 11) is 0. The molecule has 0 spiro atoms. The van der Waals surface area contributed by atoms with E-state index in [0.29, 0.717) is 0 Å². The van der Waals surface area contributed by atoms with Crippen LogP contribution in [0.25, 0.3) is 11.8 Å². The van der Waals surface area contributed by atoms with E-state index in [1.165, 1.54) is 33.5 Å². The van der Waals surface area contributed by atoms with Crippen LogP contribution >= 0.6 is 0 Å². The molecule has 21 heavy (non-hydrogen) atoms. The van der Waals surface area contributed by atoms with Gasteiger partial charge in [0.25, 0.3) is 0 Å². The first-order valence-electron chi connectivity index (χ1n) is 7.64. The summed E-state index contributed by atoms with van der Waals surface area (Å²) in [6, 6.07) is 13.6. The number of benzene rings is 2. The first kappa shape index (κ1) is 12.5. The van der Waals surface area contributed by atoms with Gasteiger partial charge in [0.1, 0.15) is 0 Å². The molecule has 2 aromatic rings. The van der Waals surface area contributed by atoms with Gasteiger partial charge >= 0.3 is 0 Å². The Morgan fingerprint density at radius 1 is 1.10 bits per heavy atom. The Kier molecular flexibility index (Phi) is 2.75. The van der Waals surface area contributed by atoms with Crippen molar-refractivity contribution in [3.63, 3.8) is 0 Å². The van der Waals surface area contributed by atoms with Crippen molar-refractivity contribution in [1.82, 2.24) is 0 Å². The van der Waals surface area contributed by atoms with Crippen LogP contribution in [0.1, 0.15) is 34.7 Å². The third kappa shape index (κ3) is 1.92. The van der Waals surface area contributed by atoms with Crippen molar-refractivity contribution in [3.8, 4) is 0 Å². The lowest BCUT2D eigenvalue weighted by Gasteiger charge is -2.20. The van der Waals surface area contributed by atoms with Crippen molar-refractivity contribution < 1.29 is 0 Å². The van der Waals surface area contributed by atoms with Crippen LogP contribution in [0.2, 0.25) is 0 Å². The van der Waals surface area contributed by atoms with Crippen molar-refractivity contribution in [2.24, 2.45) is 0 Å². The molecule has 1 aliphatic heterocycles. The molecular formula is C20H19N. The van der Waals surface area contributed by atoms with Gasteiger partial charge in [-0.15, -0.1) is 0 Å². The average molecular weight is 273 g/mol. The number of rotatable bonds is 2. The summed E-state index contributed by atoms with van der Waals surface area (Å²) in [5.41, 5.74) is 9.23. The second-order valence-corrected chi connectivity index (χ2v) is 5.87. The van der Waals surface area contributed by atoms with Crippen molar-refractivity contribution in [2.45, 2.75) is 26.3 Å². The lowest BCUT2D eigenvalue weighted by Crippen LogP contribution is -2.13. The van der Waals surface area contributed by atoms with Gasteiger partial charge in [0.2, 0.25) is 0 Å². The molecule has 104 valence electrons. The smallest absolute Gasteiger partial charge is 0.0488 e. The summed E-state index contributed by atoms with van der Waals surface area (Å²) < 4.78 is 0. The number of allylic oxidation sites excluding steroid dienone is 1. The molecule has 2 aromatic carbocycles. The molecule has 0 amide bonds. The summed E-state index contributed by atoms with van der Waals surface area (Å²) in [6.07, 6.45) is 6.59. The monoisotopic (exact) mass is 273 g/mol. The predicted octanol–water partition coefficient (Wildman–Crippen LogP) is 4.81. The first-order valence-corrected chi connectivity index (χ1v) is 7.64. The molecule has 1 aliphatic carbocycles. The maximum Gasteiger partial charge on any atom is 0.0488 e. The third-order valence-electron chi connectivity index (χ3n) is 4.62. The van der Waals surface area contributed by atoms with E-state index in [9.17, 15) is 0 Å². The lowest BCUT2D eigenvalue weighted by molar-refractivity contribution is 1.04. The highest BCUT2D eigenvalue weighted by molar-refractivity contribution is 5.85. The quantitative estimate of drug-likeness (QED) is 0.759. The van der Waals surface area contributed by atoms with E-state index >= 15 is 0 Å². The van der Waals surface area contributed by atoms with Crippen LogP contribution in [-0.4, -0.2) is 0 Å². The molecule has 0 fully saturated rings. The summed E-state index contributed by atoms with van der Waals surface area (Å²) in [5.74, 6) is 0. The molecule has 0 saturated carbocycles. The number of fused-ring (bicyclic) bond motifs is 2. The third-order valence-corrected chi connectivity index (χ3v) is 4.62.